The fraction of sp³-hybridized carbons (Fsp3) is 0.312. The van der Waals surface area contributed by atoms with Gasteiger partial charge in [0.1, 0.15) is 9.88 Å². The average molecular weight is 318 g/mol. The van der Waals surface area contributed by atoms with E-state index in [2.05, 4.69) is 10.3 Å². The standard InChI is InChI=1S/C16H18N2O3S/c1-4-17-14(19)11(3)21-16(20)13-10(2)18-15(22-13)12-8-6-5-7-9-12/h5-9,11H,4H2,1-3H3,(H,17,19)/t11-/m0/s1. The van der Waals surface area contributed by atoms with E-state index in [4.69, 9.17) is 4.74 Å². The van der Waals surface area contributed by atoms with Crippen LogP contribution in [0.1, 0.15) is 29.2 Å². The van der Waals surface area contributed by atoms with Crippen LogP contribution < -0.4 is 5.32 Å². The second kappa shape index (κ2) is 7.17. The molecule has 2 aromatic rings. The van der Waals surface area contributed by atoms with Crippen LogP contribution in [0.25, 0.3) is 10.6 Å². The number of likely N-dealkylation sites (N-methyl/N-ethyl adjacent to an activating group) is 1. The molecule has 0 bridgehead atoms. The van der Waals surface area contributed by atoms with Gasteiger partial charge >= 0.3 is 5.97 Å². The molecule has 6 heteroatoms. The van der Waals surface area contributed by atoms with Gasteiger partial charge in [0.05, 0.1) is 5.69 Å². The van der Waals surface area contributed by atoms with Crippen LogP contribution in [0.15, 0.2) is 30.3 Å². The Morgan fingerprint density at radius 1 is 1.32 bits per heavy atom. The smallest absolute Gasteiger partial charge is 0.351 e. The molecule has 0 spiro atoms. The third-order valence-electron chi connectivity index (χ3n) is 3.01. The van der Waals surface area contributed by atoms with E-state index in [9.17, 15) is 9.59 Å². The van der Waals surface area contributed by atoms with Crippen molar-refractivity contribution in [1.29, 1.82) is 0 Å². The van der Waals surface area contributed by atoms with Crippen molar-refractivity contribution < 1.29 is 14.3 Å². The predicted octanol–water partition coefficient (Wildman–Crippen LogP) is 2.80. The van der Waals surface area contributed by atoms with Crippen molar-refractivity contribution in [1.82, 2.24) is 10.3 Å². The summed E-state index contributed by atoms with van der Waals surface area (Å²) in [4.78, 5) is 28.7. The summed E-state index contributed by atoms with van der Waals surface area (Å²) in [6.07, 6.45) is -0.825. The van der Waals surface area contributed by atoms with E-state index in [0.29, 0.717) is 17.1 Å². The molecule has 1 N–H and O–H groups in total. The molecular formula is C16H18N2O3S. The van der Waals surface area contributed by atoms with Crippen molar-refractivity contribution in [2.45, 2.75) is 26.9 Å². The molecule has 0 saturated heterocycles. The van der Waals surface area contributed by atoms with Gasteiger partial charge in [-0.15, -0.1) is 11.3 Å². The second-order valence-electron chi connectivity index (χ2n) is 4.74. The van der Waals surface area contributed by atoms with Crippen molar-refractivity contribution in [3.8, 4) is 10.6 Å². The molecule has 1 aromatic heterocycles. The van der Waals surface area contributed by atoms with E-state index in [0.717, 1.165) is 10.6 Å². The van der Waals surface area contributed by atoms with Gasteiger partial charge in [0.25, 0.3) is 5.91 Å². The van der Waals surface area contributed by atoms with Gasteiger partial charge in [-0.3, -0.25) is 4.79 Å². The molecule has 1 heterocycles. The lowest BCUT2D eigenvalue weighted by Gasteiger charge is -2.11. The van der Waals surface area contributed by atoms with E-state index in [1.54, 1.807) is 13.8 Å². The minimum absolute atomic E-state index is 0.304. The molecule has 0 aliphatic heterocycles. The molecule has 0 unspecified atom stereocenters. The third kappa shape index (κ3) is 3.71. The molecular weight excluding hydrogens is 300 g/mol. The monoisotopic (exact) mass is 318 g/mol. The van der Waals surface area contributed by atoms with Crippen LogP contribution in [0.4, 0.5) is 0 Å². The number of esters is 1. The lowest BCUT2D eigenvalue weighted by molar-refractivity contribution is -0.128. The maximum Gasteiger partial charge on any atom is 0.351 e. The molecule has 2 rings (SSSR count). The maximum atomic E-state index is 12.2. The van der Waals surface area contributed by atoms with Crippen molar-refractivity contribution in [3.63, 3.8) is 0 Å². The third-order valence-corrected chi connectivity index (χ3v) is 4.19. The Bertz CT molecular complexity index is 667. The van der Waals surface area contributed by atoms with Gasteiger partial charge in [-0.2, -0.15) is 0 Å². The zero-order valence-electron chi connectivity index (χ0n) is 12.8. The molecule has 0 aliphatic carbocycles. The van der Waals surface area contributed by atoms with E-state index in [1.165, 1.54) is 11.3 Å². The zero-order chi connectivity index (χ0) is 16.1. The molecule has 0 saturated carbocycles. The first kappa shape index (κ1) is 16.2. The number of hydrogen-bond acceptors (Lipinski definition) is 5. The minimum atomic E-state index is -0.825. The topological polar surface area (TPSA) is 68.3 Å². The normalized spacial score (nSPS) is 11.8. The minimum Gasteiger partial charge on any atom is -0.448 e. The number of nitrogens with one attached hydrogen (secondary N) is 1. The lowest BCUT2D eigenvalue weighted by atomic mass is 10.2. The van der Waals surface area contributed by atoms with Gasteiger partial charge in [0, 0.05) is 12.1 Å². The van der Waals surface area contributed by atoms with Gasteiger partial charge in [0.2, 0.25) is 0 Å². The van der Waals surface area contributed by atoms with Crippen LogP contribution in [0, 0.1) is 6.92 Å². The summed E-state index contributed by atoms with van der Waals surface area (Å²) in [5.74, 6) is -0.822. The fourth-order valence-electron chi connectivity index (χ4n) is 1.88. The highest BCUT2D eigenvalue weighted by molar-refractivity contribution is 7.17. The van der Waals surface area contributed by atoms with Gasteiger partial charge in [0.15, 0.2) is 6.10 Å². The number of carbonyl (C=O) groups is 2. The van der Waals surface area contributed by atoms with Crippen LogP contribution >= 0.6 is 11.3 Å². The van der Waals surface area contributed by atoms with Gasteiger partial charge < -0.3 is 10.1 Å². The number of aromatic nitrogens is 1. The summed E-state index contributed by atoms with van der Waals surface area (Å²) >= 11 is 1.27. The number of ether oxygens (including phenoxy) is 1. The summed E-state index contributed by atoms with van der Waals surface area (Å²) in [7, 11) is 0. The Labute approximate surface area is 133 Å². The first-order valence-electron chi connectivity index (χ1n) is 7.04. The Morgan fingerprint density at radius 2 is 2.00 bits per heavy atom. The molecule has 5 nitrogen and oxygen atoms in total. The van der Waals surface area contributed by atoms with Crippen molar-refractivity contribution >= 4 is 23.2 Å². The van der Waals surface area contributed by atoms with E-state index in [-0.39, 0.29) is 5.91 Å². The number of rotatable bonds is 5. The number of carbonyl (C=O) groups excluding carboxylic acids is 2. The lowest BCUT2D eigenvalue weighted by Crippen LogP contribution is -2.35. The summed E-state index contributed by atoms with van der Waals surface area (Å²) in [6.45, 7) is 5.62. The summed E-state index contributed by atoms with van der Waals surface area (Å²) < 4.78 is 5.20. The van der Waals surface area contributed by atoms with Crippen LogP contribution in [0.3, 0.4) is 0 Å². The fourth-order valence-corrected chi connectivity index (χ4v) is 2.83. The van der Waals surface area contributed by atoms with E-state index >= 15 is 0 Å². The molecule has 0 fully saturated rings. The highest BCUT2D eigenvalue weighted by Crippen LogP contribution is 2.28. The Morgan fingerprint density at radius 3 is 2.64 bits per heavy atom. The summed E-state index contributed by atoms with van der Waals surface area (Å²) in [6, 6.07) is 9.63. The summed E-state index contributed by atoms with van der Waals surface area (Å²) in [5.41, 5.74) is 1.56. The number of benzene rings is 1. The summed E-state index contributed by atoms with van der Waals surface area (Å²) in [5, 5.41) is 3.38. The number of hydrogen-bond donors (Lipinski definition) is 1. The first-order valence-corrected chi connectivity index (χ1v) is 7.86. The number of amides is 1. The highest BCUT2D eigenvalue weighted by Gasteiger charge is 2.22. The quantitative estimate of drug-likeness (QED) is 0.861. The van der Waals surface area contributed by atoms with Gasteiger partial charge in [-0.25, -0.2) is 9.78 Å². The molecule has 22 heavy (non-hydrogen) atoms. The molecule has 1 aromatic carbocycles. The largest absolute Gasteiger partial charge is 0.448 e. The predicted molar refractivity (Wildman–Crippen MR) is 85.8 cm³/mol. The molecule has 0 radical (unpaired) electrons. The second-order valence-corrected chi connectivity index (χ2v) is 5.74. The number of nitrogens with zero attached hydrogens (tertiary/aromatic N) is 1. The molecule has 116 valence electrons. The van der Waals surface area contributed by atoms with E-state index < -0.39 is 12.1 Å². The molecule has 0 aliphatic rings. The number of aryl methyl sites for hydroxylation is 1. The molecule has 1 amide bonds. The van der Waals surface area contributed by atoms with E-state index in [1.807, 2.05) is 37.3 Å². The average Bonchev–Trinajstić information content (AvgIpc) is 2.90. The van der Waals surface area contributed by atoms with Crippen molar-refractivity contribution in [2.24, 2.45) is 0 Å². The highest BCUT2D eigenvalue weighted by atomic mass is 32.1. The van der Waals surface area contributed by atoms with Crippen LogP contribution in [0.2, 0.25) is 0 Å². The molecule has 1 atom stereocenters. The maximum absolute atomic E-state index is 12.2. The van der Waals surface area contributed by atoms with Gasteiger partial charge in [-0.1, -0.05) is 30.3 Å². The Kier molecular flexibility index (Phi) is 5.27. The van der Waals surface area contributed by atoms with Crippen LogP contribution in [-0.4, -0.2) is 29.5 Å². The SMILES string of the molecule is CCNC(=O)[C@H](C)OC(=O)c1sc(-c2ccccc2)nc1C. The van der Waals surface area contributed by atoms with Crippen molar-refractivity contribution in [3.05, 3.63) is 40.9 Å². The first-order chi connectivity index (χ1) is 10.5. The zero-order valence-corrected chi connectivity index (χ0v) is 13.6. The Hall–Kier alpha value is -2.21. The Balaban J connectivity index is 2.14. The van der Waals surface area contributed by atoms with Crippen LogP contribution in [-0.2, 0) is 9.53 Å². The van der Waals surface area contributed by atoms with Crippen LogP contribution in [0.5, 0.6) is 0 Å². The number of thiazole rings is 1. The van der Waals surface area contributed by atoms with Crippen molar-refractivity contribution in [2.75, 3.05) is 6.54 Å². The van der Waals surface area contributed by atoms with Gasteiger partial charge in [-0.05, 0) is 20.8 Å².